The van der Waals surface area contributed by atoms with E-state index in [1.807, 2.05) is 0 Å². The second-order valence-electron chi connectivity index (χ2n) is 9.01. The van der Waals surface area contributed by atoms with Crippen molar-refractivity contribution >= 4 is 26.7 Å². The predicted octanol–water partition coefficient (Wildman–Crippen LogP) is 3.50. The first-order valence-electron chi connectivity index (χ1n) is 11.4. The van der Waals surface area contributed by atoms with Gasteiger partial charge in [0.25, 0.3) is 5.56 Å². The average Bonchev–Trinajstić information content (AvgIpc) is 2.83. The number of nitrogens with one attached hydrogen (secondary N) is 1. The summed E-state index contributed by atoms with van der Waals surface area (Å²) in [6, 6.07) is 5.30. The highest BCUT2D eigenvalue weighted by molar-refractivity contribution is 7.91. The zero-order chi connectivity index (χ0) is 26.3. The number of hydrogen-bond donors (Lipinski definition) is 1. The van der Waals surface area contributed by atoms with E-state index in [0.29, 0.717) is 16.9 Å². The van der Waals surface area contributed by atoms with E-state index >= 15 is 0 Å². The lowest BCUT2D eigenvalue weighted by molar-refractivity contribution is -0.0244. The van der Waals surface area contributed by atoms with Crippen LogP contribution >= 0.6 is 0 Å². The first-order valence-corrected chi connectivity index (χ1v) is 13.2. The second-order valence-corrected chi connectivity index (χ2v) is 11.3. The van der Waals surface area contributed by atoms with Crippen LogP contribution in [0.4, 0.5) is 19.0 Å². The SMILES string of the molecule is COC1(c2cc3c(N[C@H](C)c4cccc(CC(F)F)c4F)ncnc3n(C)c2=O)CCS(=O)(=O)CC1. The molecule has 0 radical (unpaired) electrons. The van der Waals surface area contributed by atoms with Crippen LogP contribution < -0.4 is 10.9 Å². The summed E-state index contributed by atoms with van der Waals surface area (Å²) in [5.41, 5.74) is -0.755. The van der Waals surface area contributed by atoms with Gasteiger partial charge in [-0.05, 0) is 31.4 Å². The fourth-order valence-electron chi connectivity index (χ4n) is 4.70. The van der Waals surface area contributed by atoms with Gasteiger partial charge in [0.1, 0.15) is 29.2 Å². The summed E-state index contributed by atoms with van der Waals surface area (Å²) < 4.78 is 71.8. The summed E-state index contributed by atoms with van der Waals surface area (Å²) in [5.74, 6) is -0.628. The number of aromatic nitrogens is 3. The Morgan fingerprint density at radius 2 is 1.92 bits per heavy atom. The number of rotatable bonds is 7. The van der Waals surface area contributed by atoms with Gasteiger partial charge in [-0.25, -0.2) is 31.6 Å². The Morgan fingerprint density at radius 3 is 2.56 bits per heavy atom. The summed E-state index contributed by atoms with van der Waals surface area (Å²) in [6.45, 7) is 1.67. The molecule has 0 bridgehead atoms. The van der Waals surface area contributed by atoms with Crippen molar-refractivity contribution in [3.8, 4) is 0 Å². The first-order chi connectivity index (χ1) is 17.0. The number of nitrogens with zero attached hydrogens (tertiary/aromatic N) is 3. The van der Waals surface area contributed by atoms with Crippen LogP contribution in [0.1, 0.15) is 42.5 Å². The lowest BCUT2D eigenvalue weighted by atomic mass is 9.88. The van der Waals surface area contributed by atoms with Crippen molar-refractivity contribution in [1.29, 1.82) is 0 Å². The number of fused-ring (bicyclic) bond motifs is 1. The summed E-state index contributed by atoms with van der Waals surface area (Å²) in [6.07, 6.45) is -1.85. The van der Waals surface area contributed by atoms with E-state index in [0.717, 1.165) is 0 Å². The summed E-state index contributed by atoms with van der Waals surface area (Å²) in [4.78, 5) is 21.8. The zero-order valence-electron chi connectivity index (χ0n) is 20.1. The van der Waals surface area contributed by atoms with E-state index in [9.17, 15) is 26.4 Å². The molecule has 0 saturated carbocycles. The van der Waals surface area contributed by atoms with Gasteiger partial charge in [0.15, 0.2) is 9.84 Å². The number of ether oxygens (including phenoxy) is 1. The van der Waals surface area contributed by atoms with Gasteiger partial charge >= 0.3 is 0 Å². The normalized spacial score (nSPS) is 17.9. The maximum absolute atomic E-state index is 15.0. The van der Waals surface area contributed by atoms with Crippen LogP contribution in [0.25, 0.3) is 11.0 Å². The number of sulfone groups is 1. The zero-order valence-corrected chi connectivity index (χ0v) is 20.9. The largest absolute Gasteiger partial charge is 0.373 e. The van der Waals surface area contributed by atoms with Crippen molar-refractivity contribution in [1.82, 2.24) is 14.5 Å². The Labute approximate surface area is 206 Å². The van der Waals surface area contributed by atoms with Gasteiger partial charge in [-0.1, -0.05) is 18.2 Å². The van der Waals surface area contributed by atoms with Crippen LogP contribution in [0.15, 0.2) is 35.4 Å². The number of methoxy groups -OCH3 is 1. The van der Waals surface area contributed by atoms with Crippen molar-refractivity contribution in [3.05, 3.63) is 63.5 Å². The van der Waals surface area contributed by atoms with Crippen LogP contribution in [-0.4, -0.2) is 48.0 Å². The van der Waals surface area contributed by atoms with Crippen molar-refractivity contribution in [3.63, 3.8) is 0 Å². The van der Waals surface area contributed by atoms with E-state index in [2.05, 4.69) is 15.3 Å². The monoisotopic (exact) mass is 524 g/mol. The van der Waals surface area contributed by atoms with Gasteiger partial charge in [-0.3, -0.25) is 9.36 Å². The highest BCUT2D eigenvalue weighted by Gasteiger charge is 2.41. The molecule has 0 amide bonds. The molecule has 1 atom stereocenters. The molecule has 12 heteroatoms. The fourth-order valence-corrected chi connectivity index (χ4v) is 6.19. The smallest absolute Gasteiger partial charge is 0.258 e. The first kappa shape index (κ1) is 26.1. The van der Waals surface area contributed by atoms with E-state index in [1.165, 1.54) is 36.2 Å². The Balaban J connectivity index is 1.78. The van der Waals surface area contributed by atoms with Gasteiger partial charge in [-0.15, -0.1) is 0 Å². The van der Waals surface area contributed by atoms with E-state index in [-0.39, 0.29) is 46.6 Å². The third-order valence-corrected chi connectivity index (χ3v) is 8.47. The maximum Gasteiger partial charge on any atom is 0.258 e. The van der Waals surface area contributed by atoms with Crippen LogP contribution in [0, 0.1) is 5.82 Å². The molecular weight excluding hydrogens is 497 g/mol. The minimum Gasteiger partial charge on any atom is -0.373 e. The highest BCUT2D eigenvalue weighted by Crippen LogP contribution is 2.37. The fraction of sp³-hybridized carbons (Fsp3) is 0.458. The molecule has 8 nitrogen and oxygen atoms in total. The Hall–Kier alpha value is -2.99. The van der Waals surface area contributed by atoms with Crippen LogP contribution in [0.5, 0.6) is 0 Å². The van der Waals surface area contributed by atoms with E-state index in [4.69, 9.17) is 4.74 Å². The van der Waals surface area contributed by atoms with Crippen LogP contribution in [0.2, 0.25) is 0 Å². The molecule has 1 aromatic carbocycles. The van der Waals surface area contributed by atoms with Crippen molar-refractivity contribution in [2.45, 2.75) is 44.3 Å². The van der Waals surface area contributed by atoms with Gasteiger partial charge in [0.2, 0.25) is 6.43 Å². The number of aryl methyl sites for hydroxylation is 1. The highest BCUT2D eigenvalue weighted by atomic mass is 32.2. The number of halogens is 3. The van der Waals surface area contributed by atoms with Crippen molar-refractivity contribution < 1.29 is 26.3 Å². The molecule has 0 unspecified atom stereocenters. The lowest BCUT2D eigenvalue weighted by Crippen LogP contribution is -2.43. The quantitative estimate of drug-likeness (QED) is 0.505. The third kappa shape index (κ3) is 4.83. The number of anilines is 1. The molecule has 1 N–H and O–H groups in total. The molecule has 36 heavy (non-hydrogen) atoms. The predicted molar refractivity (Wildman–Crippen MR) is 129 cm³/mol. The van der Waals surface area contributed by atoms with Gasteiger partial charge in [0.05, 0.1) is 28.5 Å². The van der Waals surface area contributed by atoms with Crippen LogP contribution in [-0.2, 0) is 33.6 Å². The standard InChI is InChI=1S/C24H27F3N4O4S/c1-14(16-6-4-5-15(20(16)27)11-19(25)26)30-21-17-12-18(23(32)31(2)22(17)29-13-28-21)24(35-3)7-9-36(33,34)10-8-24/h4-6,12-14,19H,7-11H2,1-3H3,(H,28,29,30)/t14-/m1/s1. The molecule has 3 heterocycles. The van der Waals surface area contributed by atoms with Gasteiger partial charge in [0, 0.05) is 26.1 Å². The number of pyridine rings is 1. The molecule has 2 aromatic heterocycles. The minimum atomic E-state index is -3.22. The molecule has 0 spiro atoms. The van der Waals surface area contributed by atoms with E-state index < -0.39 is 40.1 Å². The minimum absolute atomic E-state index is 0.0809. The molecule has 3 aromatic rings. The average molecular weight is 525 g/mol. The number of benzene rings is 1. The molecule has 194 valence electrons. The molecule has 0 aliphatic carbocycles. The summed E-state index contributed by atoms with van der Waals surface area (Å²) in [5, 5.41) is 3.57. The number of hydrogen-bond acceptors (Lipinski definition) is 7. The lowest BCUT2D eigenvalue weighted by Gasteiger charge is -2.36. The molecule has 4 rings (SSSR count). The Morgan fingerprint density at radius 1 is 1.22 bits per heavy atom. The molecule has 1 fully saturated rings. The van der Waals surface area contributed by atoms with Crippen LogP contribution in [0.3, 0.4) is 0 Å². The summed E-state index contributed by atoms with van der Waals surface area (Å²) in [7, 11) is -0.225. The molecule has 1 saturated heterocycles. The van der Waals surface area contributed by atoms with Gasteiger partial charge < -0.3 is 10.1 Å². The topological polar surface area (TPSA) is 103 Å². The molecular formula is C24H27F3N4O4S. The second kappa shape index (κ2) is 9.81. The summed E-state index contributed by atoms with van der Waals surface area (Å²) >= 11 is 0. The van der Waals surface area contributed by atoms with E-state index in [1.54, 1.807) is 20.0 Å². The Bertz CT molecular complexity index is 1450. The van der Waals surface area contributed by atoms with Crippen molar-refractivity contribution in [2.75, 3.05) is 23.9 Å². The third-order valence-electron chi connectivity index (χ3n) is 6.82. The van der Waals surface area contributed by atoms with Crippen molar-refractivity contribution in [2.24, 2.45) is 7.05 Å². The van der Waals surface area contributed by atoms with Gasteiger partial charge in [-0.2, -0.15) is 0 Å². The molecule has 1 aliphatic heterocycles. The Kier molecular flexibility index (Phi) is 7.11. The molecule has 1 aliphatic rings. The maximum atomic E-state index is 15.0. The number of alkyl halides is 2.